The van der Waals surface area contributed by atoms with Gasteiger partial charge in [-0.1, -0.05) is 0 Å². The summed E-state index contributed by atoms with van der Waals surface area (Å²) < 4.78 is 14.6. The lowest BCUT2D eigenvalue weighted by atomic mass is 9.99. The van der Waals surface area contributed by atoms with Crippen molar-refractivity contribution in [1.29, 1.82) is 0 Å². The van der Waals surface area contributed by atoms with Crippen molar-refractivity contribution in [2.45, 2.75) is 31.7 Å². The Morgan fingerprint density at radius 2 is 2.35 bits per heavy atom. The summed E-state index contributed by atoms with van der Waals surface area (Å²) in [5.74, 6) is 0.203. The minimum absolute atomic E-state index is 0.261. The van der Waals surface area contributed by atoms with Gasteiger partial charge in [-0.2, -0.15) is 0 Å². The Kier molecular flexibility index (Phi) is 4.34. The van der Waals surface area contributed by atoms with Gasteiger partial charge < -0.3 is 10.6 Å². The first-order chi connectivity index (χ1) is 8.22. The number of rotatable bonds is 3. The molecule has 1 aliphatic heterocycles. The van der Waals surface area contributed by atoms with Crippen molar-refractivity contribution in [3.05, 3.63) is 22.6 Å². The summed E-state index contributed by atoms with van der Waals surface area (Å²) in [5, 5.41) is 0. The average molecular weight is 302 g/mol. The van der Waals surface area contributed by atoms with Crippen LogP contribution in [0.25, 0.3) is 0 Å². The van der Waals surface area contributed by atoms with Gasteiger partial charge in [0.1, 0.15) is 0 Å². The minimum Gasteiger partial charge on any atom is -0.351 e. The highest BCUT2D eigenvalue weighted by molar-refractivity contribution is 9.10. The minimum atomic E-state index is -0.261. The van der Waals surface area contributed by atoms with Crippen LogP contribution < -0.4 is 10.6 Å². The second kappa shape index (κ2) is 5.78. The molecule has 2 N–H and O–H groups in total. The Morgan fingerprint density at radius 1 is 1.53 bits per heavy atom. The topological polar surface area (TPSA) is 42.1 Å². The van der Waals surface area contributed by atoms with E-state index in [1.54, 1.807) is 6.20 Å². The summed E-state index contributed by atoms with van der Waals surface area (Å²) in [4.78, 5) is 6.26. The predicted octanol–water partition coefficient (Wildman–Crippen LogP) is 2.69. The smallest absolute Gasteiger partial charge is 0.166 e. The summed E-state index contributed by atoms with van der Waals surface area (Å²) in [7, 11) is 0. The average Bonchev–Trinajstić information content (AvgIpc) is 2.31. The lowest BCUT2D eigenvalue weighted by molar-refractivity contribution is 0.431. The van der Waals surface area contributed by atoms with Crippen LogP contribution >= 0.6 is 15.9 Å². The molecule has 2 heterocycles. The van der Waals surface area contributed by atoms with Crippen LogP contribution in [-0.2, 0) is 0 Å². The first-order valence-corrected chi connectivity index (χ1v) is 6.79. The normalized spacial score (nSPS) is 20.6. The van der Waals surface area contributed by atoms with Crippen LogP contribution in [0.15, 0.2) is 16.7 Å². The zero-order valence-electron chi connectivity index (χ0n) is 9.70. The van der Waals surface area contributed by atoms with Crippen molar-refractivity contribution in [1.82, 2.24) is 4.98 Å². The Bertz CT molecular complexity index is 384. The molecule has 0 spiro atoms. The number of nitrogens with two attached hydrogens (primary N) is 1. The number of hydrogen-bond donors (Lipinski definition) is 1. The molecule has 1 fully saturated rings. The third-order valence-electron chi connectivity index (χ3n) is 3.19. The van der Waals surface area contributed by atoms with Gasteiger partial charge in [-0.3, -0.25) is 0 Å². The molecule has 0 aliphatic carbocycles. The van der Waals surface area contributed by atoms with Crippen LogP contribution in [0.1, 0.15) is 25.7 Å². The second-order valence-electron chi connectivity index (χ2n) is 4.38. The Balaban J connectivity index is 2.23. The summed E-state index contributed by atoms with van der Waals surface area (Å²) in [6.07, 6.45) is 5.91. The van der Waals surface area contributed by atoms with Crippen molar-refractivity contribution < 1.29 is 4.39 Å². The molecule has 1 aliphatic rings. The number of piperidine rings is 1. The van der Waals surface area contributed by atoms with E-state index in [1.807, 2.05) is 0 Å². The maximum atomic E-state index is 13.9. The van der Waals surface area contributed by atoms with E-state index in [4.69, 9.17) is 5.73 Å². The lowest BCUT2D eigenvalue weighted by Gasteiger charge is -2.36. The summed E-state index contributed by atoms with van der Waals surface area (Å²) in [5.41, 5.74) is 5.61. The van der Waals surface area contributed by atoms with Crippen LogP contribution in [-0.4, -0.2) is 24.1 Å². The molecule has 0 amide bonds. The number of aromatic nitrogens is 1. The molecule has 1 unspecified atom stereocenters. The quantitative estimate of drug-likeness (QED) is 0.933. The van der Waals surface area contributed by atoms with Crippen LogP contribution in [0.5, 0.6) is 0 Å². The number of nitrogens with zero attached hydrogens (tertiary/aromatic N) is 2. The zero-order valence-corrected chi connectivity index (χ0v) is 11.3. The largest absolute Gasteiger partial charge is 0.351 e. The predicted molar refractivity (Wildman–Crippen MR) is 70.6 cm³/mol. The van der Waals surface area contributed by atoms with Crippen LogP contribution in [0.2, 0.25) is 0 Å². The van der Waals surface area contributed by atoms with Crippen LogP contribution in [0.4, 0.5) is 10.2 Å². The molecule has 0 aromatic carbocycles. The maximum absolute atomic E-state index is 13.9. The van der Waals surface area contributed by atoms with E-state index in [9.17, 15) is 4.39 Å². The van der Waals surface area contributed by atoms with Crippen LogP contribution in [0.3, 0.4) is 0 Å². The molecule has 0 radical (unpaired) electrons. The fourth-order valence-corrected chi connectivity index (χ4v) is 2.69. The third kappa shape index (κ3) is 2.96. The lowest BCUT2D eigenvalue weighted by Crippen LogP contribution is -2.41. The monoisotopic (exact) mass is 301 g/mol. The number of halogens is 2. The van der Waals surface area contributed by atoms with Crippen molar-refractivity contribution >= 4 is 21.7 Å². The number of anilines is 1. The second-order valence-corrected chi connectivity index (χ2v) is 5.29. The highest BCUT2D eigenvalue weighted by Gasteiger charge is 2.25. The van der Waals surface area contributed by atoms with Gasteiger partial charge in [0.05, 0.1) is 0 Å². The Morgan fingerprint density at radius 3 is 3.06 bits per heavy atom. The van der Waals surface area contributed by atoms with E-state index in [1.165, 1.54) is 12.5 Å². The van der Waals surface area contributed by atoms with E-state index in [-0.39, 0.29) is 5.82 Å². The number of hydrogen-bond acceptors (Lipinski definition) is 3. The molecular formula is C12H17BrFN3. The van der Waals surface area contributed by atoms with Crippen molar-refractivity contribution in [3.63, 3.8) is 0 Å². The highest BCUT2D eigenvalue weighted by Crippen LogP contribution is 2.27. The van der Waals surface area contributed by atoms with Gasteiger partial charge in [0.15, 0.2) is 11.6 Å². The number of pyridine rings is 1. The SMILES string of the molecule is NCCC1CCCCN1c1ncc(Br)cc1F. The first kappa shape index (κ1) is 12.8. The molecule has 17 heavy (non-hydrogen) atoms. The van der Waals surface area contributed by atoms with Gasteiger partial charge >= 0.3 is 0 Å². The molecule has 1 aromatic heterocycles. The first-order valence-electron chi connectivity index (χ1n) is 6.00. The Hall–Kier alpha value is -0.680. The molecule has 0 saturated carbocycles. The van der Waals surface area contributed by atoms with Crippen molar-refractivity contribution in [2.75, 3.05) is 18.0 Å². The molecular weight excluding hydrogens is 285 g/mol. The van der Waals surface area contributed by atoms with Gasteiger partial charge in [-0.15, -0.1) is 0 Å². The van der Waals surface area contributed by atoms with E-state index in [2.05, 4.69) is 25.8 Å². The standard InChI is InChI=1S/C12H17BrFN3/c13-9-7-11(14)12(16-8-9)17-6-2-1-3-10(17)4-5-15/h7-8,10H,1-6,15H2. The maximum Gasteiger partial charge on any atom is 0.166 e. The highest BCUT2D eigenvalue weighted by atomic mass is 79.9. The third-order valence-corrected chi connectivity index (χ3v) is 3.62. The van der Waals surface area contributed by atoms with Gasteiger partial charge in [-0.25, -0.2) is 9.37 Å². The molecule has 1 aromatic rings. The van der Waals surface area contributed by atoms with Gasteiger partial charge in [0.25, 0.3) is 0 Å². The molecule has 3 nitrogen and oxygen atoms in total. The van der Waals surface area contributed by atoms with Gasteiger partial charge in [0.2, 0.25) is 0 Å². The fourth-order valence-electron chi connectivity index (χ4n) is 2.39. The van der Waals surface area contributed by atoms with Gasteiger partial charge in [0, 0.05) is 23.3 Å². The molecule has 0 bridgehead atoms. The van der Waals surface area contributed by atoms with E-state index in [0.29, 0.717) is 22.9 Å². The molecule has 1 atom stereocenters. The van der Waals surface area contributed by atoms with Crippen LogP contribution in [0, 0.1) is 5.82 Å². The van der Waals surface area contributed by atoms with Gasteiger partial charge in [-0.05, 0) is 54.2 Å². The van der Waals surface area contributed by atoms with Crippen molar-refractivity contribution in [2.24, 2.45) is 5.73 Å². The summed E-state index contributed by atoms with van der Waals surface area (Å²) >= 11 is 3.23. The Labute approximate surface area is 109 Å². The zero-order chi connectivity index (χ0) is 12.3. The molecule has 2 rings (SSSR count). The molecule has 94 valence electrons. The summed E-state index contributed by atoms with van der Waals surface area (Å²) in [6.45, 7) is 1.51. The van der Waals surface area contributed by atoms with E-state index < -0.39 is 0 Å². The van der Waals surface area contributed by atoms with E-state index in [0.717, 1.165) is 25.8 Å². The fraction of sp³-hybridized carbons (Fsp3) is 0.583. The van der Waals surface area contributed by atoms with Crippen molar-refractivity contribution in [3.8, 4) is 0 Å². The molecule has 5 heteroatoms. The summed E-state index contributed by atoms with van der Waals surface area (Å²) in [6, 6.07) is 1.80. The molecule has 1 saturated heterocycles. The van der Waals surface area contributed by atoms with E-state index >= 15 is 0 Å².